The van der Waals surface area contributed by atoms with Crippen LogP contribution in [0.25, 0.3) is 0 Å². The van der Waals surface area contributed by atoms with Crippen LogP contribution in [0.1, 0.15) is 42.2 Å². The van der Waals surface area contributed by atoms with Gasteiger partial charge in [0.2, 0.25) is 0 Å². The van der Waals surface area contributed by atoms with Gasteiger partial charge in [-0.1, -0.05) is 11.6 Å². The first kappa shape index (κ1) is 14.3. The van der Waals surface area contributed by atoms with Gasteiger partial charge in [0.1, 0.15) is 0 Å². The zero-order valence-electron chi connectivity index (χ0n) is 11.3. The predicted octanol–water partition coefficient (Wildman–Crippen LogP) is 2.42. The molecule has 0 aromatic carbocycles. The second-order valence-corrected chi connectivity index (χ2v) is 5.86. The maximum Gasteiger partial charge on any atom is 0.256 e. The Hall–Kier alpha value is -1.13. The molecule has 19 heavy (non-hydrogen) atoms. The van der Waals surface area contributed by atoms with E-state index in [2.05, 4.69) is 4.98 Å². The van der Waals surface area contributed by atoms with E-state index in [4.69, 9.17) is 11.6 Å². The Kier molecular flexibility index (Phi) is 4.11. The third-order valence-corrected chi connectivity index (χ3v) is 3.88. The molecule has 1 atom stereocenters. The van der Waals surface area contributed by atoms with Gasteiger partial charge in [-0.15, -0.1) is 0 Å². The first-order chi connectivity index (χ1) is 8.89. The van der Waals surface area contributed by atoms with Gasteiger partial charge >= 0.3 is 0 Å². The summed E-state index contributed by atoms with van der Waals surface area (Å²) in [6, 6.07) is 1.70. The summed E-state index contributed by atoms with van der Waals surface area (Å²) < 4.78 is 0. The van der Waals surface area contributed by atoms with Gasteiger partial charge in [-0.05, 0) is 39.2 Å². The van der Waals surface area contributed by atoms with Crippen molar-refractivity contribution in [3.05, 3.63) is 28.5 Å². The third kappa shape index (κ3) is 3.45. The number of likely N-dealkylation sites (tertiary alicyclic amines) is 1. The maximum absolute atomic E-state index is 12.4. The fourth-order valence-electron chi connectivity index (χ4n) is 2.32. The molecule has 0 radical (unpaired) electrons. The second kappa shape index (κ2) is 5.47. The minimum absolute atomic E-state index is 0.102. The minimum Gasteiger partial charge on any atom is -0.390 e. The van der Waals surface area contributed by atoms with E-state index < -0.39 is 5.60 Å². The highest BCUT2D eigenvalue weighted by molar-refractivity contribution is 6.33. The van der Waals surface area contributed by atoms with E-state index in [1.165, 1.54) is 6.20 Å². The van der Waals surface area contributed by atoms with Crippen LogP contribution in [0.15, 0.2) is 12.3 Å². The summed E-state index contributed by atoms with van der Waals surface area (Å²) >= 11 is 6.10. The highest BCUT2D eigenvalue weighted by Gasteiger charge is 2.28. The normalized spacial score (nSPS) is 24.1. The molecule has 0 bridgehead atoms. The van der Waals surface area contributed by atoms with E-state index >= 15 is 0 Å². The van der Waals surface area contributed by atoms with Gasteiger partial charge in [0.05, 0.1) is 16.2 Å². The van der Waals surface area contributed by atoms with Crippen molar-refractivity contribution in [2.24, 2.45) is 0 Å². The van der Waals surface area contributed by atoms with Crippen LogP contribution in [0.3, 0.4) is 0 Å². The second-order valence-electron chi connectivity index (χ2n) is 5.45. The van der Waals surface area contributed by atoms with Crippen molar-refractivity contribution in [2.45, 2.75) is 38.7 Å². The number of hydrogen-bond acceptors (Lipinski definition) is 3. The lowest BCUT2D eigenvalue weighted by Crippen LogP contribution is -2.33. The molecule has 1 saturated heterocycles. The van der Waals surface area contributed by atoms with E-state index in [0.717, 1.165) is 18.5 Å². The largest absolute Gasteiger partial charge is 0.390 e. The number of carbonyl (C=O) groups is 1. The SMILES string of the molecule is Cc1cc(Cl)c(C(=O)N2CCCC(C)(O)CC2)cn1. The van der Waals surface area contributed by atoms with Crippen LogP contribution in [-0.4, -0.2) is 39.6 Å². The summed E-state index contributed by atoms with van der Waals surface area (Å²) in [6.07, 6.45) is 3.64. The van der Waals surface area contributed by atoms with Gasteiger partial charge in [-0.3, -0.25) is 9.78 Å². The fourth-order valence-corrected chi connectivity index (χ4v) is 2.61. The van der Waals surface area contributed by atoms with Crippen LogP contribution in [-0.2, 0) is 0 Å². The molecular formula is C14H19ClN2O2. The summed E-state index contributed by atoms with van der Waals surface area (Å²) in [6.45, 7) is 4.86. The standard InChI is InChI=1S/C14H19ClN2O2/c1-10-8-12(15)11(9-16-10)13(18)17-6-3-4-14(2,19)5-7-17/h8-9,19H,3-7H2,1-2H3. The number of hydrogen-bond donors (Lipinski definition) is 1. The zero-order valence-corrected chi connectivity index (χ0v) is 12.1. The number of halogens is 1. The number of amides is 1. The highest BCUT2D eigenvalue weighted by atomic mass is 35.5. The van der Waals surface area contributed by atoms with Gasteiger partial charge < -0.3 is 10.0 Å². The Morgan fingerprint density at radius 1 is 1.47 bits per heavy atom. The average molecular weight is 283 g/mol. The number of aliphatic hydroxyl groups is 1. The Morgan fingerprint density at radius 3 is 2.89 bits per heavy atom. The Bertz CT molecular complexity index is 488. The molecule has 1 aromatic heterocycles. The van der Waals surface area contributed by atoms with Crippen LogP contribution in [0.5, 0.6) is 0 Å². The smallest absolute Gasteiger partial charge is 0.256 e. The molecule has 0 saturated carbocycles. The number of nitrogens with zero attached hydrogens (tertiary/aromatic N) is 2. The summed E-state index contributed by atoms with van der Waals surface area (Å²) in [5.41, 5.74) is 0.554. The highest BCUT2D eigenvalue weighted by Crippen LogP contribution is 2.24. The minimum atomic E-state index is -0.676. The lowest BCUT2D eigenvalue weighted by Gasteiger charge is -2.22. The summed E-state index contributed by atoms with van der Waals surface area (Å²) in [4.78, 5) is 18.3. The number of pyridine rings is 1. The predicted molar refractivity (Wildman–Crippen MR) is 74.4 cm³/mol. The topological polar surface area (TPSA) is 53.4 Å². The van der Waals surface area contributed by atoms with Gasteiger partial charge in [-0.25, -0.2) is 0 Å². The van der Waals surface area contributed by atoms with Crippen molar-refractivity contribution in [3.8, 4) is 0 Å². The number of aromatic nitrogens is 1. The lowest BCUT2D eigenvalue weighted by atomic mass is 9.98. The van der Waals surface area contributed by atoms with Gasteiger partial charge in [0.15, 0.2) is 0 Å². The van der Waals surface area contributed by atoms with Crippen molar-refractivity contribution < 1.29 is 9.90 Å². The average Bonchev–Trinajstić information content (AvgIpc) is 2.49. The molecule has 104 valence electrons. The molecule has 0 spiro atoms. The molecule has 5 heteroatoms. The number of aryl methyl sites for hydroxylation is 1. The van der Waals surface area contributed by atoms with Gasteiger partial charge in [0.25, 0.3) is 5.91 Å². The summed E-state index contributed by atoms with van der Waals surface area (Å²) in [7, 11) is 0. The number of carbonyl (C=O) groups excluding carboxylic acids is 1. The Morgan fingerprint density at radius 2 is 2.21 bits per heavy atom. The van der Waals surface area contributed by atoms with Crippen LogP contribution in [0.2, 0.25) is 5.02 Å². The van der Waals surface area contributed by atoms with Crippen molar-refractivity contribution in [1.29, 1.82) is 0 Å². The van der Waals surface area contributed by atoms with Crippen molar-refractivity contribution in [2.75, 3.05) is 13.1 Å². The molecular weight excluding hydrogens is 264 g/mol. The third-order valence-electron chi connectivity index (χ3n) is 3.57. The monoisotopic (exact) mass is 282 g/mol. The van der Waals surface area contributed by atoms with Crippen LogP contribution >= 0.6 is 11.6 Å². The van der Waals surface area contributed by atoms with E-state index in [0.29, 0.717) is 30.1 Å². The van der Waals surface area contributed by atoms with E-state index in [1.807, 2.05) is 13.8 Å². The first-order valence-electron chi connectivity index (χ1n) is 6.53. The Labute approximate surface area is 118 Å². The van der Waals surface area contributed by atoms with E-state index in [-0.39, 0.29) is 5.91 Å². The molecule has 1 aliphatic rings. The van der Waals surface area contributed by atoms with Crippen molar-refractivity contribution >= 4 is 17.5 Å². The molecule has 2 rings (SSSR count). The fraction of sp³-hybridized carbons (Fsp3) is 0.571. The number of rotatable bonds is 1. The molecule has 1 N–H and O–H groups in total. The van der Waals surface area contributed by atoms with Crippen LogP contribution in [0, 0.1) is 6.92 Å². The van der Waals surface area contributed by atoms with Crippen molar-refractivity contribution in [3.63, 3.8) is 0 Å². The summed E-state index contributed by atoms with van der Waals surface area (Å²) in [5.74, 6) is -0.102. The van der Waals surface area contributed by atoms with Crippen molar-refractivity contribution in [1.82, 2.24) is 9.88 Å². The molecule has 0 aliphatic carbocycles. The summed E-state index contributed by atoms with van der Waals surface area (Å²) in [5, 5.41) is 10.5. The zero-order chi connectivity index (χ0) is 14.0. The quantitative estimate of drug-likeness (QED) is 0.861. The lowest BCUT2D eigenvalue weighted by molar-refractivity contribution is 0.0438. The Balaban J connectivity index is 2.15. The van der Waals surface area contributed by atoms with Gasteiger partial charge in [-0.2, -0.15) is 0 Å². The molecule has 1 aromatic rings. The first-order valence-corrected chi connectivity index (χ1v) is 6.91. The molecule has 1 fully saturated rings. The van der Waals surface area contributed by atoms with E-state index in [1.54, 1.807) is 11.0 Å². The molecule has 2 heterocycles. The molecule has 4 nitrogen and oxygen atoms in total. The molecule has 1 aliphatic heterocycles. The molecule has 1 unspecified atom stereocenters. The molecule has 1 amide bonds. The maximum atomic E-state index is 12.4. The van der Waals surface area contributed by atoms with Crippen LogP contribution < -0.4 is 0 Å². The van der Waals surface area contributed by atoms with E-state index in [9.17, 15) is 9.90 Å². The van der Waals surface area contributed by atoms with Gasteiger partial charge in [0, 0.05) is 25.0 Å². The van der Waals surface area contributed by atoms with Crippen LogP contribution in [0.4, 0.5) is 0 Å².